The maximum absolute atomic E-state index is 6.42. The summed E-state index contributed by atoms with van der Waals surface area (Å²) in [6.45, 7) is 0. The summed E-state index contributed by atoms with van der Waals surface area (Å²) in [5, 5.41) is 5.15. The van der Waals surface area contributed by atoms with Gasteiger partial charge in [0.15, 0.2) is 0 Å². The van der Waals surface area contributed by atoms with Gasteiger partial charge in [0.05, 0.1) is 16.9 Å². The van der Waals surface area contributed by atoms with Gasteiger partial charge in [-0.1, -0.05) is 30.9 Å². The molecule has 0 aromatic carbocycles. The minimum Gasteiger partial charge on any atom is -0.271 e. The van der Waals surface area contributed by atoms with Gasteiger partial charge in [0.25, 0.3) is 0 Å². The van der Waals surface area contributed by atoms with Crippen molar-refractivity contribution in [2.24, 2.45) is 7.05 Å². The summed E-state index contributed by atoms with van der Waals surface area (Å²) < 4.78 is 1.87. The Kier molecular flexibility index (Phi) is 3.57. The van der Waals surface area contributed by atoms with Gasteiger partial charge >= 0.3 is 0 Å². The summed E-state index contributed by atoms with van der Waals surface area (Å²) in [7, 11) is 1.94. The molecule has 0 amide bonds. The Labute approximate surface area is 101 Å². The van der Waals surface area contributed by atoms with Crippen LogP contribution < -0.4 is 0 Å². The van der Waals surface area contributed by atoms with Crippen molar-refractivity contribution in [3.05, 3.63) is 16.9 Å². The molecule has 1 aliphatic rings. The Morgan fingerprint density at radius 2 is 2.07 bits per heavy atom. The van der Waals surface area contributed by atoms with Gasteiger partial charge in [-0.25, -0.2) is 0 Å². The molecule has 15 heavy (non-hydrogen) atoms. The summed E-state index contributed by atoms with van der Waals surface area (Å²) in [6.07, 6.45) is 7.71. The van der Waals surface area contributed by atoms with Crippen molar-refractivity contribution >= 4 is 23.2 Å². The van der Waals surface area contributed by atoms with Crippen LogP contribution in [-0.4, -0.2) is 15.2 Å². The number of alkyl halides is 1. The number of halogens is 2. The van der Waals surface area contributed by atoms with Gasteiger partial charge in [-0.15, -0.1) is 11.6 Å². The lowest BCUT2D eigenvalue weighted by molar-refractivity contribution is 0.547. The largest absolute Gasteiger partial charge is 0.271 e. The van der Waals surface area contributed by atoms with E-state index in [2.05, 4.69) is 5.10 Å². The molecule has 0 aliphatic heterocycles. The van der Waals surface area contributed by atoms with E-state index < -0.39 is 0 Å². The van der Waals surface area contributed by atoms with Crippen molar-refractivity contribution in [2.45, 2.75) is 43.4 Å². The second-order valence-corrected chi connectivity index (χ2v) is 5.23. The van der Waals surface area contributed by atoms with Crippen LogP contribution in [0.25, 0.3) is 0 Å². The lowest BCUT2D eigenvalue weighted by atomic mass is 9.96. The number of aryl methyl sites for hydroxylation is 1. The van der Waals surface area contributed by atoms with Gasteiger partial charge < -0.3 is 0 Å². The predicted molar refractivity (Wildman–Crippen MR) is 63.7 cm³/mol. The van der Waals surface area contributed by atoms with Crippen LogP contribution in [-0.2, 0) is 7.05 Å². The van der Waals surface area contributed by atoms with E-state index in [4.69, 9.17) is 23.2 Å². The first-order valence-electron chi connectivity index (χ1n) is 5.51. The molecule has 0 N–H and O–H groups in total. The molecule has 0 spiro atoms. The molecule has 2 nitrogen and oxygen atoms in total. The standard InChI is InChI=1S/C11H16Cl2N2/c1-15-11(10(13)7-14-15)8-5-3-2-4-6-9(8)12/h7-9H,2-6H2,1H3. The third-order valence-corrected chi connectivity index (χ3v) is 4.03. The summed E-state index contributed by atoms with van der Waals surface area (Å²) in [5.74, 6) is 0.370. The SMILES string of the molecule is Cn1ncc(Cl)c1C1CCCCCC1Cl. The Morgan fingerprint density at radius 1 is 1.33 bits per heavy atom. The molecule has 1 saturated carbocycles. The van der Waals surface area contributed by atoms with Gasteiger partial charge in [-0.05, 0) is 12.8 Å². The first-order chi connectivity index (χ1) is 7.20. The van der Waals surface area contributed by atoms with Crippen LogP contribution in [0.3, 0.4) is 0 Å². The van der Waals surface area contributed by atoms with E-state index in [0.717, 1.165) is 23.6 Å². The van der Waals surface area contributed by atoms with E-state index in [1.807, 2.05) is 11.7 Å². The quantitative estimate of drug-likeness (QED) is 0.546. The molecule has 1 fully saturated rings. The average Bonchev–Trinajstić information content (AvgIpc) is 2.42. The van der Waals surface area contributed by atoms with Crippen LogP contribution in [0.4, 0.5) is 0 Å². The van der Waals surface area contributed by atoms with Crippen LogP contribution in [0, 0.1) is 0 Å². The molecule has 4 heteroatoms. The lowest BCUT2D eigenvalue weighted by Crippen LogP contribution is -2.15. The van der Waals surface area contributed by atoms with Gasteiger partial charge in [0.2, 0.25) is 0 Å². The fraction of sp³-hybridized carbons (Fsp3) is 0.727. The van der Waals surface area contributed by atoms with Crippen molar-refractivity contribution in [3.63, 3.8) is 0 Å². The minimum absolute atomic E-state index is 0.209. The fourth-order valence-electron chi connectivity index (χ4n) is 2.41. The van der Waals surface area contributed by atoms with Crippen molar-refractivity contribution in [1.82, 2.24) is 9.78 Å². The van der Waals surface area contributed by atoms with Crippen LogP contribution in [0.5, 0.6) is 0 Å². The number of rotatable bonds is 1. The lowest BCUT2D eigenvalue weighted by Gasteiger charge is -2.20. The zero-order chi connectivity index (χ0) is 10.8. The molecule has 84 valence electrons. The Morgan fingerprint density at radius 3 is 2.73 bits per heavy atom. The van der Waals surface area contributed by atoms with E-state index in [-0.39, 0.29) is 5.38 Å². The second kappa shape index (κ2) is 4.75. The second-order valence-electron chi connectivity index (χ2n) is 4.26. The first-order valence-corrected chi connectivity index (χ1v) is 6.33. The monoisotopic (exact) mass is 246 g/mol. The molecule has 1 aromatic heterocycles. The Bertz CT molecular complexity index is 316. The van der Waals surface area contributed by atoms with Gasteiger partial charge in [-0.3, -0.25) is 4.68 Å². The Balaban J connectivity index is 2.27. The third-order valence-electron chi connectivity index (χ3n) is 3.22. The molecule has 2 rings (SSSR count). The molecule has 0 radical (unpaired) electrons. The van der Waals surface area contributed by atoms with Gasteiger partial charge in [-0.2, -0.15) is 5.10 Å². The molecule has 2 atom stereocenters. The van der Waals surface area contributed by atoms with Crippen molar-refractivity contribution in [2.75, 3.05) is 0 Å². The highest BCUT2D eigenvalue weighted by Crippen LogP contribution is 2.37. The van der Waals surface area contributed by atoms with E-state index in [9.17, 15) is 0 Å². The summed E-state index contributed by atoms with van der Waals surface area (Å²) in [6, 6.07) is 0. The number of hydrogen-bond donors (Lipinski definition) is 0. The number of nitrogens with zero attached hydrogens (tertiary/aromatic N) is 2. The highest BCUT2D eigenvalue weighted by Gasteiger charge is 2.27. The van der Waals surface area contributed by atoms with Crippen LogP contribution in [0.1, 0.15) is 43.7 Å². The van der Waals surface area contributed by atoms with E-state index in [1.165, 1.54) is 19.3 Å². The van der Waals surface area contributed by atoms with Crippen molar-refractivity contribution in [1.29, 1.82) is 0 Å². The molecule has 1 heterocycles. The third kappa shape index (κ3) is 2.31. The molecule has 1 aromatic rings. The van der Waals surface area contributed by atoms with E-state index in [1.54, 1.807) is 6.20 Å². The van der Waals surface area contributed by atoms with Crippen LogP contribution in [0.2, 0.25) is 5.02 Å². The zero-order valence-corrected chi connectivity index (χ0v) is 10.4. The number of aromatic nitrogens is 2. The average molecular weight is 247 g/mol. The highest BCUT2D eigenvalue weighted by molar-refractivity contribution is 6.31. The van der Waals surface area contributed by atoms with Crippen LogP contribution in [0.15, 0.2) is 6.20 Å². The van der Waals surface area contributed by atoms with Crippen LogP contribution >= 0.6 is 23.2 Å². The highest BCUT2D eigenvalue weighted by atomic mass is 35.5. The first kappa shape index (κ1) is 11.3. The van der Waals surface area contributed by atoms with Crippen molar-refractivity contribution < 1.29 is 0 Å². The maximum Gasteiger partial charge on any atom is 0.0821 e. The number of hydrogen-bond acceptors (Lipinski definition) is 1. The predicted octanol–water partition coefficient (Wildman–Crippen LogP) is 3.73. The molecule has 2 unspecified atom stereocenters. The molecule has 1 aliphatic carbocycles. The van der Waals surface area contributed by atoms with E-state index >= 15 is 0 Å². The van der Waals surface area contributed by atoms with Gasteiger partial charge in [0.1, 0.15) is 0 Å². The topological polar surface area (TPSA) is 17.8 Å². The molecular weight excluding hydrogens is 231 g/mol. The fourth-order valence-corrected chi connectivity index (χ4v) is 3.11. The molecule has 0 saturated heterocycles. The normalized spacial score (nSPS) is 27.7. The zero-order valence-electron chi connectivity index (χ0n) is 8.92. The molecular formula is C11H16Cl2N2. The summed E-state index contributed by atoms with van der Waals surface area (Å²) in [4.78, 5) is 0. The maximum atomic E-state index is 6.42. The van der Waals surface area contributed by atoms with E-state index in [0.29, 0.717) is 5.92 Å². The Hall–Kier alpha value is -0.210. The minimum atomic E-state index is 0.209. The summed E-state index contributed by atoms with van der Waals surface area (Å²) >= 11 is 12.6. The van der Waals surface area contributed by atoms with Gasteiger partial charge in [0, 0.05) is 18.3 Å². The van der Waals surface area contributed by atoms with Crippen molar-refractivity contribution in [3.8, 4) is 0 Å². The smallest absolute Gasteiger partial charge is 0.0821 e. The summed E-state index contributed by atoms with van der Waals surface area (Å²) in [5.41, 5.74) is 1.11. The molecule has 0 bridgehead atoms.